The van der Waals surface area contributed by atoms with Crippen LogP contribution in [0.4, 0.5) is 10.5 Å². The maximum absolute atomic E-state index is 11.9. The smallest absolute Gasteiger partial charge is 0.319 e. The van der Waals surface area contributed by atoms with E-state index in [4.69, 9.17) is 0 Å². The summed E-state index contributed by atoms with van der Waals surface area (Å²) < 4.78 is 1.79. The molecule has 5 heteroatoms. The van der Waals surface area contributed by atoms with Crippen molar-refractivity contribution in [1.82, 2.24) is 14.9 Å². The third-order valence-electron chi connectivity index (χ3n) is 3.13. The Hall–Kier alpha value is -2.82. The number of pyridine rings is 1. The van der Waals surface area contributed by atoms with Gasteiger partial charge in [0.05, 0.1) is 17.8 Å². The highest BCUT2D eigenvalue weighted by Gasteiger charge is 2.04. The van der Waals surface area contributed by atoms with Gasteiger partial charge in [-0.25, -0.2) is 9.31 Å². The predicted molar refractivity (Wildman–Crippen MR) is 82.2 cm³/mol. The molecule has 0 aliphatic carbocycles. The van der Waals surface area contributed by atoms with Crippen molar-refractivity contribution in [2.75, 3.05) is 5.32 Å². The van der Waals surface area contributed by atoms with Crippen LogP contribution in [0.2, 0.25) is 0 Å². The number of anilines is 1. The Morgan fingerprint density at radius 1 is 1.19 bits per heavy atom. The number of nitrogens with zero attached hydrogens (tertiary/aromatic N) is 2. The molecule has 0 fully saturated rings. The average Bonchev–Trinajstić information content (AvgIpc) is 2.88. The van der Waals surface area contributed by atoms with E-state index in [1.54, 1.807) is 4.52 Å². The fourth-order valence-electron chi connectivity index (χ4n) is 2.15. The monoisotopic (exact) mass is 280 g/mol. The molecule has 0 saturated carbocycles. The molecule has 2 aromatic heterocycles. The van der Waals surface area contributed by atoms with Gasteiger partial charge in [-0.15, -0.1) is 0 Å². The van der Waals surface area contributed by atoms with Crippen LogP contribution in [0.15, 0.2) is 54.7 Å². The van der Waals surface area contributed by atoms with Crippen LogP contribution in [0.25, 0.3) is 5.52 Å². The van der Waals surface area contributed by atoms with Crippen LogP contribution in [0.5, 0.6) is 0 Å². The van der Waals surface area contributed by atoms with E-state index in [0.717, 1.165) is 22.5 Å². The van der Waals surface area contributed by atoms with Crippen molar-refractivity contribution >= 4 is 17.2 Å². The molecule has 5 nitrogen and oxygen atoms in total. The molecule has 106 valence electrons. The summed E-state index contributed by atoms with van der Waals surface area (Å²) >= 11 is 0. The number of urea groups is 1. The molecule has 21 heavy (non-hydrogen) atoms. The first-order valence-corrected chi connectivity index (χ1v) is 6.75. The van der Waals surface area contributed by atoms with Crippen molar-refractivity contribution in [2.45, 2.75) is 13.5 Å². The van der Waals surface area contributed by atoms with E-state index < -0.39 is 0 Å². The Bertz CT molecular complexity index is 746. The van der Waals surface area contributed by atoms with Gasteiger partial charge in [-0.05, 0) is 42.8 Å². The van der Waals surface area contributed by atoms with Crippen LogP contribution in [0.3, 0.4) is 0 Å². The second-order valence-corrected chi connectivity index (χ2v) is 4.88. The van der Waals surface area contributed by atoms with Gasteiger partial charge < -0.3 is 10.6 Å². The van der Waals surface area contributed by atoms with Crippen LogP contribution in [-0.2, 0) is 6.54 Å². The van der Waals surface area contributed by atoms with E-state index >= 15 is 0 Å². The Morgan fingerprint density at radius 2 is 2.10 bits per heavy atom. The van der Waals surface area contributed by atoms with Crippen molar-refractivity contribution in [3.8, 4) is 0 Å². The first kappa shape index (κ1) is 13.2. The molecule has 3 rings (SSSR count). The van der Waals surface area contributed by atoms with E-state index in [0.29, 0.717) is 6.54 Å². The lowest BCUT2D eigenvalue weighted by molar-refractivity contribution is 0.251. The maximum atomic E-state index is 11.9. The zero-order valence-corrected chi connectivity index (χ0v) is 11.7. The zero-order chi connectivity index (χ0) is 14.7. The van der Waals surface area contributed by atoms with E-state index in [2.05, 4.69) is 15.7 Å². The standard InChI is InChI=1S/C16H16N4O/c1-12-5-4-6-13(9-12)18-16(21)17-11-14-10-15-7-2-3-8-20(15)19-14/h2-10H,11H2,1H3,(H2,17,18,21). The summed E-state index contributed by atoms with van der Waals surface area (Å²) in [7, 11) is 0. The highest BCUT2D eigenvalue weighted by Crippen LogP contribution is 2.09. The van der Waals surface area contributed by atoms with Crippen molar-refractivity contribution < 1.29 is 4.79 Å². The van der Waals surface area contributed by atoms with Gasteiger partial charge in [0.1, 0.15) is 0 Å². The number of hydrogen-bond acceptors (Lipinski definition) is 2. The van der Waals surface area contributed by atoms with Crippen LogP contribution in [-0.4, -0.2) is 15.6 Å². The molecular formula is C16H16N4O. The number of aryl methyl sites for hydroxylation is 1. The number of hydrogen-bond donors (Lipinski definition) is 2. The van der Waals surface area contributed by atoms with E-state index in [-0.39, 0.29) is 6.03 Å². The molecule has 0 atom stereocenters. The normalized spacial score (nSPS) is 10.5. The largest absolute Gasteiger partial charge is 0.332 e. The summed E-state index contributed by atoms with van der Waals surface area (Å²) in [5.74, 6) is 0. The Balaban J connectivity index is 1.60. The molecule has 2 heterocycles. The van der Waals surface area contributed by atoms with Gasteiger partial charge in [0, 0.05) is 11.9 Å². The van der Waals surface area contributed by atoms with Crippen molar-refractivity contribution in [3.05, 3.63) is 66.0 Å². The number of carbonyl (C=O) groups is 1. The van der Waals surface area contributed by atoms with Gasteiger partial charge in [0.2, 0.25) is 0 Å². The lowest BCUT2D eigenvalue weighted by Gasteiger charge is -2.06. The van der Waals surface area contributed by atoms with Crippen LogP contribution in [0, 0.1) is 6.92 Å². The summed E-state index contributed by atoms with van der Waals surface area (Å²) in [5.41, 5.74) is 3.71. The minimum Gasteiger partial charge on any atom is -0.332 e. The van der Waals surface area contributed by atoms with Crippen LogP contribution >= 0.6 is 0 Å². The first-order valence-electron chi connectivity index (χ1n) is 6.75. The van der Waals surface area contributed by atoms with Crippen LogP contribution in [0.1, 0.15) is 11.3 Å². The molecule has 0 unspecified atom stereocenters. The van der Waals surface area contributed by atoms with Gasteiger partial charge in [-0.1, -0.05) is 18.2 Å². The summed E-state index contributed by atoms with van der Waals surface area (Å²) in [6, 6.07) is 15.2. The topological polar surface area (TPSA) is 58.4 Å². The van der Waals surface area contributed by atoms with Gasteiger partial charge in [-0.2, -0.15) is 5.10 Å². The van der Waals surface area contributed by atoms with Gasteiger partial charge in [-0.3, -0.25) is 0 Å². The third kappa shape index (κ3) is 3.20. The molecule has 0 aliphatic rings. The average molecular weight is 280 g/mol. The Labute approximate surface area is 122 Å². The molecule has 0 spiro atoms. The zero-order valence-electron chi connectivity index (χ0n) is 11.7. The highest BCUT2D eigenvalue weighted by molar-refractivity contribution is 5.89. The van der Waals surface area contributed by atoms with Crippen LogP contribution < -0.4 is 10.6 Å². The van der Waals surface area contributed by atoms with E-state index in [1.807, 2.05) is 61.7 Å². The second-order valence-electron chi connectivity index (χ2n) is 4.88. The minimum absolute atomic E-state index is 0.238. The fourth-order valence-corrected chi connectivity index (χ4v) is 2.15. The SMILES string of the molecule is Cc1cccc(NC(=O)NCc2cc3ccccn3n2)c1. The number of benzene rings is 1. The molecule has 0 radical (unpaired) electrons. The number of aromatic nitrogens is 2. The predicted octanol–water partition coefficient (Wildman–Crippen LogP) is 2.96. The molecule has 0 saturated heterocycles. The summed E-state index contributed by atoms with van der Waals surface area (Å²) in [5, 5.41) is 9.98. The Morgan fingerprint density at radius 3 is 2.90 bits per heavy atom. The molecule has 0 bridgehead atoms. The van der Waals surface area contributed by atoms with Gasteiger partial charge in [0.25, 0.3) is 0 Å². The highest BCUT2D eigenvalue weighted by atomic mass is 16.2. The molecular weight excluding hydrogens is 264 g/mol. The van der Waals surface area contributed by atoms with Gasteiger partial charge in [0.15, 0.2) is 0 Å². The third-order valence-corrected chi connectivity index (χ3v) is 3.13. The van der Waals surface area contributed by atoms with Crippen molar-refractivity contribution in [2.24, 2.45) is 0 Å². The summed E-state index contributed by atoms with van der Waals surface area (Å²) in [4.78, 5) is 11.9. The van der Waals surface area contributed by atoms with Gasteiger partial charge >= 0.3 is 6.03 Å². The number of carbonyl (C=O) groups excluding carboxylic acids is 1. The van der Waals surface area contributed by atoms with Crippen molar-refractivity contribution in [3.63, 3.8) is 0 Å². The lowest BCUT2D eigenvalue weighted by atomic mass is 10.2. The number of nitrogens with one attached hydrogen (secondary N) is 2. The molecule has 2 N–H and O–H groups in total. The fraction of sp³-hybridized carbons (Fsp3) is 0.125. The first-order chi connectivity index (χ1) is 10.2. The molecule has 1 aromatic carbocycles. The Kier molecular flexibility index (Phi) is 3.55. The van der Waals surface area contributed by atoms with Crippen molar-refractivity contribution in [1.29, 1.82) is 0 Å². The maximum Gasteiger partial charge on any atom is 0.319 e. The molecule has 3 aromatic rings. The summed E-state index contributed by atoms with van der Waals surface area (Å²) in [6.45, 7) is 2.37. The number of fused-ring (bicyclic) bond motifs is 1. The summed E-state index contributed by atoms with van der Waals surface area (Å²) in [6.07, 6.45) is 1.88. The van der Waals surface area contributed by atoms with E-state index in [1.165, 1.54) is 0 Å². The number of rotatable bonds is 3. The molecule has 2 amide bonds. The molecule has 0 aliphatic heterocycles. The minimum atomic E-state index is -0.238. The lowest BCUT2D eigenvalue weighted by Crippen LogP contribution is -2.28. The second kappa shape index (κ2) is 5.66. The number of amides is 2. The van der Waals surface area contributed by atoms with E-state index in [9.17, 15) is 4.79 Å². The quantitative estimate of drug-likeness (QED) is 0.775.